The van der Waals surface area contributed by atoms with E-state index in [1.807, 2.05) is 6.92 Å². The fourth-order valence-electron chi connectivity index (χ4n) is 4.14. The van der Waals surface area contributed by atoms with E-state index in [9.17, 15) is 22.0 Å². The fourth-order valence-corrected chi connectivity index (χ4v) is 4.14. The molecule has 0 fully saturated rings. The Morgan fingerprint density at radius 1 is 0.667 bits per heavy atom. The summed E-state index contributed by atoms with van der Waals surface area (Å²) in [4.78, 5) is 0. The van der Waals surface area contributed by atoms with E-state index in [1.165, 1.54) is 19.3 Å². The minimum Gasteiger partial charge on any atom is -0.353 e. The first-order valence-corrected chi connectivity index (χ1v) is 10.9. The Bertz CT molecular complexity index is 610. The molecule has 1 aromatic rings. The molecule has 0 N–H and O–H groups in total. The van der Waals surface area contributed by atoms with Gasteiger partial charge < -0.3 is 9.47 Å². The number of benzene rings is 1. The first-order chi connectivity index (χ1) is 14.3. The molecule has 0 spiro atoms. The molecule has 0 radical (unpaired) electrons. The minimum atomic E-state index is -2.13. The lowest BCUT2D eigenvalue weighted by molar-refractivity contribution is -0.244. The number of methoxy groups -OCH3 is 2. The molecule has 2 nitrogen and oxygen atoms in total. The van der Waals surface area contributed by atoms with Crippen LogP contribution in [0.15, 0.2) is 0 Å². The van der Waals surface area contributed by atoms with Crippen LogP contribution in [-0.2, 0) is 15.9 Å². The number of rotatable bonds is 15. The molecule has 174 valence electrons. The van der Waals surface area contributed by atoms with Gasteiger partial charge in [0.2, 0.25) is 5.82 Å². The van der Waals surface area contributed by atoms with Crippen LogP contribution >= 0.6 is 0 Å². The van der Waals surface area contributed by atoms with Gasteiger partial charge in [-0.05, 0) is 32.1 Å². The average molecular weight is 439 g/mol. The summed E-state index contributed by atoms with van der Waals surface area (Å²) in [5.74, 6) is -10.3. The van der Waals surface area contributed by atoms with Crippen LogP contribution in [-0.4, -0.2) is 20.0 Å². The van der Waals surface area contributed by atoms with Gasteiger partial charge >= 0.3 is 0 Å². The lowest BCUT2D eigenvalue weighted by Crippen LogP contribution is -2.41. The van der Waals surface area contributed by atoms with Crippen LogP contribution in [0.3, 0.4) is 0 Å². The predicted octanol–water partition coefficient (Wildman–Crippen LogP) is 7.47. The fraction of sp³-hybridized carbons (Fsp3) is 0.739. The Morgan fingerprint density at radius 3 is 1.63 bits per heavy atom. The van der Waals surface area contributed by atoms with Crippen molar-refractivity contribution in [3.63, 3.8) is 0 Å². The summed E-state index contributed by atoms with van der Waals surface area (Å²) in [6, 6.07) is 0. The monoisotopic (exact) mass is 438 g/mol. The highest BCUT2D eigenvalue weighted by Crippen LogP contribution is 2.35. The van der Waals surface area contributed by atoms with Crippen molar-refractivity contribution < 1.29 is 31.4 Å². The maximum absolute atomic E-state index is 13.9. The molecule has 0 saturated heterocycles. The van der Waals surface area contributed by atoms with E-state index >= 15 is 0 Å². The van der Waals surface area contributed by atoms with E-state index in [2.05, 4.69) is 6.92 Å². The van der Waals surface area contributed by atoms with Crippen molar-refractivity contribution in [3.8, 4) is 0 Å². The molecular formula is C23H35F5O2. The number of hydrogen-bond acceptors (Lipinski definition) is 2. The van der Waals surface area contributed by atoms with Gasteiger partial charge in [-0.25, -0.2) is 22.0 Å². The highest BCUT2D eigenvalue weighted by atomic mass is 19.2. The molecular weight excluding hydrogens is 403 g/mol. The van der Waals surface area contributed by atoms with Crippen LogP contribution in [0.5, 0.6) is 0 Å². The number of unbranched alkanes of at least 4 members (excludes halogenated alkanes) is 5. The summed E-state index contributed by atoms with van der Waals surface area (Å²) in [7, 11) is 3.12. The van der Waals surface area contributed by atoms with Gasteiger partial charge in [0.15, 0.2) is 29.1 Å². The molecule has 1 unspecified atom stereocenters. The largest absolute Gasteiger partial charge is 0.353 e. The molecule has 0 amide bonds. The van der Waals surface area contributed by atoms with Crippen molar-refractivity contribution >= 4 is 0 Å². The van der Waals surface area contributed by atoms with Crippen LogP contribution < -0.4 is 0 Å². The van der Waals surface area contributed by atoms with E-state index < -0.39 is 40.4 Å². The van der Waals surface area contributed by atoms with Crippen molar-refractivity contribution in [3.05, 3.63) is 34.6 Å². The van der Waals surface area contributed by atoms with Crippen LogP contribution in [0, 0.1) is 35.0 Å². The Kier molecular flexibility index (Phi) is 11.9. The summed E-state index contributed by atoms with van der Waals surface area (Å²) >= 11 is 0. The minimum absolute atomic E-state index is 0.0510. The molecule has 0 heterocycles. The molecule has 1 aromatic carbocycles. The summed E-state index contributed by atoms with van der Waals surface area (Å²) in [5, 5.41) is 0. The van der Waals surface area contributed by atoms with Gasteiger partial charge in [-0.2, -0.15) is 0 Å². The lowest BCUT2D eigenvalue weighted by atomic mass is 9.85. The van der Waals surface area contributed by atoms with Crippen LogP contribution in [0.25, 0.3) is 0 Å². The van der Waals surface area contributed by atoms with E-state index in [0.717, 1.165) is 25.7 Å². The SMILES string of the molecule is CCCCCCCCC(CCCc1c(F)c(F)c(F)c(F)c1F)C(CC)(OC)OC. The maximum atomic E-state index is 13.9. The second-order valence-electron chi connectivity index (χ2n) is 7.77. The summed E-state index contributed by atoms with van der Waals surface area (Å²) in [6.07, 6.45) is 8.64. The molecule has 0 aromatic heterocycles. The van der Waals surface area contributed by atoms with Gasteiger partial charge in [-0.1, -0.05) is 52.4 Å². The number of hydrogen-bond donors (Lipinski definition) is 0. The number of ether oxygens (including phenoxy) is 2. The highest BCUT2D eigenvalue weighted by Gasteiger charge is 2.37. The molecule has 0 aliphatic carbocycles. The average Bonchev–Trinajstić information content (AvgIpc) is 2.76. The van der Waals surface area contributed by atoms with E-state index in [0.29, 0.717) is 12.8 Å². The highest BCUT2D eigenvalue weighted by molar-refractivity contribution is 5.24. The zero-order chi connectivity index (χ0) is 22.7. The molecule has 0 aliphatic heterocycles. The normalized spacial score (nSPS) is 13.1. The van der Waals surface area contributed by atoms with Crippen LogP contribution in [0.1, 0.15) is 83.6 Å². The van der Waals surface area contributed by atoms with E-state index in [4.69, 9.17) is 9.47 Å². The zero-order valence-corrected chi connectivity index (χ0v) is 18.6. The number of halogens is 5. The van der Waals surface area contributed by atoms with Gasteiger partial charge in [0.05, 0.1) is 0 Å². The first-order valence-electron chi connectivity index (χ1n) is 10.9. The third kappa shape index (κ3) is 6.64. The standard InChI is InChI=1S/C23H35F5O2/c1-5-7-8-9-10-11-13-16(23(6-2,29-3)30-4)14-12-15-17-18(24)20(26)22(28)21(27)19(17)25/h16H,5-15H2,1-4H3. The Morgan fingerprint density at radius 2 is 1.13 bits per heavy atom. The smallest absolute Gasteiger partial charge is 0.200 e. The summed E-state index contributed by atoms with van der Waals surface area (Å²) in [5.41, 5.74) is -0.762. The quantitative estimate of drug-likeness (QED) is 0.0930. The van der Waals surface area contributed by atoms with Crippen molar-refractivity contribution in [1.82, 2.24) is 0 Å². The van der Waals surface area contributed by atoms with Gasteiger partial charge in [0, 0.05) is 25.7 Å². The van der Waals surface area contributed by atoms with Crippen LogP contribution in [0.2, 0.25) is 0 Å². The third-order valence-electron chi connectivity index (χ3n) is 5.99. The Balaban J connectivity index is 2.83. The molecule has 30 heavy (non-hydrogen) atoms. The second-order valence-corrected chi connectivity index (χ2v) is 7.77. The Hall–Kier alpha value is -1.21. The van der Waals surface area contributed by atoms with Crippen molar-refractivity contribution in [1.29, 1.82) is 0 Å². The summed E-state index contributed by atoms with van der Waals surface area (Å²) in [6.45, 7) is 4.10. The van der Waals surface area contributed by atoms with E-state index in [-0.39, 0.29) is 18.8 Å². The predicted molar refractivity (Wildman–Crippen MR) is 108 cm³/mol. The molecule has 7 heteroatoms. The molecule has 1 atom stereocenters. The van der Waals surface area contributed by atoms with Crippen molar-refractivity contribution in [2.75, 3.05) is 14.2 Å². The van der Waals surface area contributed by atoms with Gasteiger partial charge in [-0.15, -0.1) is 0 Å². The topological polar surface area (TPSA) is 18.5 Å². The first kappa shape index (κ1) is 26.8. The molecule has 1 rings (SSSR count). The maximum Gasteiger partial charge on any atom is 0.200 e. The molecule has 0 saturated carbocycles. The van der Waals surface area contributed by atoms with Crippen LogP contribution in [0.4, 0.5) is 22.0 Å². The zero-order valence-electron chi connectivity index (χ0n) is 18.6. The van der Waals surface area contributed by atoms with Gasteiger partial charge in [-0.3, -0.25) is 0 Å². The molecule has 0 bridgehead atoms. The van der Waals surface area contributed by atoms with Crippen molar-refractivity contribution in [2.45, 2.75) is 90.3 Å². The lowest BCUT2D eigenvalue weighted by Gasteiger charge is -2.38. The van der Waals surface area contributed by atoms with Gasteiger partial charge in [0.25, 0.3) is 0 Å². The molecule has 0 aliphatic rings. The Labute approximate surface area is 177 Å². The summed E-state index contributed by atoms with van der Waals surface area (Å²) < 4.78 is 79.3. The van der Waals surface area contributed by atoms with Crippen molar-refractivity contribution in [2.24, 2.45) is 5.92 Å². The van der Waals surface area contributed by atoms with Gasteiger partial charge in [0.1, 0.15) is 0 Å². The second kappa shape index (κ2) is 13.3. The van der Waals surface area contributed by atoms with E-state index in [1.54, 1.807) is 14.2 Å². The third-order valence-corrected chi connectivity index (χ3v) is 5.99.